The molecular formula is C22H27ClN2O. The van der Waals surface area contributed by atoms with Crippen molar-refractivity contribution in [2.45, 2.75) is 39.3 Å². The number of methoxy groups -OCH3 is 1. The molecule has 0 bridgehead atoms. The third kappa shape index (κ3) is 4.96. The van der Waals surface area contributed by atoms with Crippen LogP contribution in [0, 0.1) is 0 Å². The van der Waals surface area contributed by atoms with Gasteiger partial charge in [-0.3, -0.25) is 0 Å². The number of aromatic nitrogens is 2. The molecule has 0 fully saturated rings. The number of hydrogen-bond donors (Lipinski definition) is 0. The van der Waals surface area contributed by atoms with Crippen LogP contribution in [0.2, 0.25) is 5.15 Å². The number of nitrogens with zero attached hydrogens (tertiary/aromatic N) is 2. The zero-order valence-electron chi connectivity index (χ0n) is 15.7. The molecule has 138 valence electrons. The third-order valence-corrected chi connectivity index (χ3v) is 4.59. The Balaban J connectivity index is 2.30. The van der Waals surface area contributed by atoms with Crippen LogP contribution in [-0.4, -0.2) is 16.7 Å². The molecule has 2 aromatic rings. The van der Waals surface area contributed by atoms with Crippen molar-refractivity contribution in [2.24, 2.45) is 0 Å². The van der Waals surface area contributed by atoms with Crippen molar-refractivity contribution in [2.75, 3.05) is 7.11 Å². The number of allylic oxidation sites excluding steroid dienone is 4. The molecule has 0 saturated carbocycles. The van der Waals surface area contributed by atoms with Crippen LogP contribution in [0.3, 0.4) is 0 Å². The van der Waals surface area contributed by atoms with Crippen LogP contribution in [0.1, 0.15) is 42.4 Å². The molecule has 2 rings (SSSR count). The third-order valence-electron chi connectivity index (χ3n) is 4.28. The molecule has 0 atom stereocenters. The van der Waals surface area contributed by atoms with Crippen LogP contribution in [0.4, 0.5) is 0 Å². The van der Waals surface area contributed by atoms with Crippen molar-refractivity contribution in [3.05, 3.63) is 83.4 Å². The predicted octanol–water partition coefficient (Wildman–Crippen LogP) is 5.83. The van der Waals surface area contributed by atoms with E-state index < -0.39 is 0 Å². The molecule has 0 radical (unpaired) electrons. The van der Waals surface area contributed by atoms with Gasteiger partial charge in [0, 0.05) is 20.1 Å². The van der Waals surface area contributed by atoms with E-state index >= 15 is 0 Å². The van der Waals surface area contributed by atoms with Gasteiger partial charge < -0.3 is 9.30 Å². The number of hydrogen-bond acceptors (Lipinski definition) is 2. The Kier molecular flexibility index (Phi) is 7.89. The van der Waals surface area contributed by atoms with Crippen LogP contribution in [0.15, 0.2) is 55.7 Å². The molecular weight excluding hydrogens is 344 g/mol. The molecule has 0 amide bonds. The van der Waals surface area contributed by atoms with Gasteiger partial charge in [0.25, 0.3) is 0 Å². The summed E-state index contributed by atoms with van der Waals surface area (Å²) in [5, 5.41) is 0.539. The van der Waals surface area contributed by atoms with Crippen molar-refractivity contribution < 1.29 is 4.74 Å². The van der Waals surface area contributed by atoms with E-state index in [9.17, 15) is 0 Å². The van der Waals surface area contributed by atoms with Crippen LogP contribution < -0.4 is 0 Å². The summed E-state index contributed by atoms with van der Waals surface area (Å²) in [6.45, 7) is 11.0. The Labute approximate surface area is 161 Å². The second kappa shape index (κ2) is 10.1. The number of unbranched alkanes of at least 4 members (excludes halogenated alkanes) is 1. The van der Waals surface area contributed by atoms with Gasteiger partial charge in [0.1, 0.15) is 5.82 Å². The average molecular weight is 371 g/mol. The molecule has 4 heteroatoms. The maximum atomic E-state index is 6.35. The van der Waals surface area contributed by atoms with E-state index in [1.54, 1.807) is 13.2 Å². The van der Waals surface area contributed by atoms with Crippen molar-refractivity contribution in [3.63, 3.8) is 0 Å². The molecule has 0 unspecified atom stereocenters. The summed E-state index contributed by atoms with van der Waals surface area (Å²) in [7, 11) is 1.68. The van der Waals surface area contributed by atoms with Gasteiger partial charge in [-0.05, 0) is 23.1 Å². The molecule has 1 aromatic carbocycles. The normalized spacial score (nSPS) is 11.6. The molecule has 0 spiro atoms. The summed E-state index contributed by atoms with van der Waals surface area (Å²) < 4.78 is 7.51. The van der Waals surface area contributed by atoms with Gasteiger partial charge in [-0.2, -0.15) is 0 Å². The zero-order chi connectivity index (χ0) is 18.9. The van der Waals surface area contributed by atoms with Crippen LogP contribution in [-0.2, 0) is 24.3 Å². The lowest BCUT2D eigenvalue weighted by molar-refractivity contribution is 0.178. The van der Waals surface area contributed by atoms with E-state index in [2.05, 4.69) is 53.9 Å². The zero-order valence-corrected chi connectivity index (χ0v) is 16.4. The number of imidazole rings is 1. The van der Waals surface area contributed by atoms with Crippen LogP contribution >= 0.6 is 11.6 Å². The Morgan fingerprint density at radius 2 is 2.00 bits per heavy atom. The monoisotopic (exact) mass is 370 g/mol. The Hall–Kier alpha value is -2.10. The second-order valence-electron chi connectivity index (χ2n) is 6.15. The smallest absolute Gasteiger partial charge is 0.153 e. The first-order chi connectivity index (χ1) is 12.6. The highest BCUT2D eigenvalue weighted by molar-refractivity contribution is 6.30. The summed E-state index contributed by atoms with van der Waals surface area (Å²) >= 11 is 6.35. The van der Waals surface area contributed by atoms with Gasteiger partial charge in [0.15, 0.2) is 5.15 Å². The average Bonchev–Trinajstić information content (AvgIpc) is 2.94. The number of aryl methyl sites for hydroxylation is 1. The highest BCUT2D eigenvalue weighted by Crippen LogP contribution is 2.23. The fraction of sp³-hybridized carbons (Fsp3) is 0.318. The summed E-state index contributed by atoms with van der Waals surface area (Å²) in [6, 6.07) is 8.47. The first kappa shape index (κ1) is 20.2. The van der Waals surface area contributed by atoms with Crippen molar-refractivity contribution >= 4 is 17.2 Å². The van der Waals surface area contributed by atoms with Gasteiger partial charge >= 0.3 is 0 Å². The number of ether oxygens (including phenoxy) is 1. The predicted molar refractivity (Wildman–Crippen MR) is 110 cm³/mol. The summed E-state index contributed by atoms with van der Waals surface area (Å²) in [6.07, 6.45) is 8.70. The fourth-order valence-corrected chi connectivity index (χ4v) is 3.14. The Bertz CT molecular complexity index is 772. The lowest BCUT2D eigenvalue weighted by atomic mass is 10.0. The molecule has 0 aliphatic carbocycles. The van der Waals surface area contributed by atoms with E-state index in [0.29, 0.717) is 11.8 Å². The Morgan fingerprint density at radius 1 is 1.27 bits per heavy atom. The fourth-order valence-electron chi connectivity index (χ4n) is 2.89. The molecule has 0 N–H and O–H groups in total. The molecule has 1 aromatic heterocycles. The van der Waals surface area contributed by atoms with E-state index in [1.807, 2.05) is 12.2 Å². The van der Waals surface area contributed by atoms with Crippen LogP contribution in [0.25, 0.3) is 5.57 Å². The van der Waals surface area contributed by atoms with Gasteiger partial charge in [-0.25, -0.2) is 4.98 Å². The molecule has 1 heterocycles. The van der Waals surface area contributed by atoms with Crippen molar-refractivity contribution in [1.29, 1.82) is 0 Å². The maximum absolute atomic E-state index is 6.35. The van der Waals surface area contributed by atoms with Gasteiger partial charge in [-0.1, -0.05) is 80.6 Å². The molecule has 3 nitrogen and oxygen atoms in total. The summed E-state index contributed by atoms with van der Waals surface area (Å²) in [4.78, 5) is 4.56. The molecule has 26 heavy (non-hydrogen) atoms. The highest BCUT2D eigenvalue weighted by atomic mass is 35.5. The largest absolute Gasteiger partial charge is 0.378 e. The number of halogens is 1. The minimum atomic E-state index is 0.457. The van der Waals surface area contributed by atoms with Crippen molar-refractivity contribution in [3.8, 4) is 0 Å². The lowest BCUT2D eigenvalue weighted by Gasteiger charge is -2.13. The SMILES string of the molecule is C=C/C=C(\C=C)c1ccc(Cn2c(CCCC)nc(Cl)c2COC)cc1. The number of benzene rings is 1. The maximum Gasteiger partial charge on any atom is 0.153 e. The van der Waals surface area contributed by atoms with Gasteiger partial charge in [0.2, 0.25) is 0 Å². The quantitative estimate of drug-likeness (QED) is 0.492. The van der Waals surface area contributed by atoms with Gasteiger partial charge in [-0.15, -0.1) is 0 Å². The lowest BCUT2D eigenvalue weighted by Crippen LogP contribution is -2.10. The highest BCUT2D eigenvalue weighted by Gasteiger charge is 2.15. The minimum absolute atomic E-state index is 0.457. The first-order valence-corrected chi connectivity index (χ1v) is 9.29. The van der Waals surface area contributed by atoms with Gasteiger partial charge in [0.05, 0.1) is 12.3 Å². The van der Waals surface area contributed by atoms with Crippen LogP contribution in [0.5, 0.6) is 0 Å². The van der Waals surface area contributed by atoms with E-state index in [0.717, 1.165) is 48.5 Å². The van der Waals surface area contributed by atoms with Crippen molar-refractivity contribution in [1.82, 2.24) is 9.55 Å². The van der Waals surface area contributed by atoms with E-state index in [-0.39, 0.29) is 0 Å². The number of rotatable bonds is 10. The Morgan fingerprint density at radius 3 is 2.58 bits per heavy atom. The van der Waals surface area contributed by atoms with E-state index in [4.69, 9.17) is 16.3 Å². The minimum Gasteiger partial charge on any atom is -0.378 e. The summed E-state index contributed by atoms with van der Waals surface area (Å²) in [5.41, 5.74) is 4.30. The summed E-state index contributed by atoms with van der Waals surface area (Å²) in [5.74, 6) is 1.02. The molecule has 0 saturated heterocycles. The second-order valence-corrected chi connectivity index (χ2v) is 6.51. The first-order valence-electron chi connectivity index (χ1n) is 8.91. The van der Waals surface area contributed by atoms with E-state index in [1.165, 1.54) is 5.56 Å². The standard InChI is InChI=1S/C22H27ClN2O/c1-5-8-10-21-24-22(23)20(16-26-4)25(21)15-17-11-13-19(14-12-17)18(7-3)9-6-2/h6-7,9,11-14H,2-3,5,8,10,15-16H2,1,4H3/b18-9+. The topological polar surface area (TPSA) is 27.1 Å². The molecule has 0 aliphatic heterocycles. The molecule has 0 aliphatic rings.